The summed E-state index contributed by atoms with van der Waals surface area (Å²) >= 11 is 0. The van der Waals surface area contributed by atoms with E-state index in [0.717, 1.165) is 17.9 Å². The maximum Gasteiger partial charge on any atom is 0.119 e. The number of aliphatic hydroxyl groups excluding tert-OH is 1. The van der Waals surface area contributed by atoms with Gasteiger partial charge in [0.2, 0.25) is 0 Å². The fourth-order valence-electron chi connectivity index (χ4n) is 1.81. The van der Waals surface area contributed by atoms with Gasteiger partial charge in [0.1, 0.15) is 18.5 Å². The summed E-state index contributed by atoms with van der Waals surface area (Å²) in [5.74, 6) is 0.796. The number of ether oxygens (including phenoxy) is 1. The normalized spacial score (nSPS) is 12.3. The van der Waals surface area contributed by atoms with Crippen molar-refractivity contribution in [2.75, 3.05) is 13.2 Å². The Morgan fingerprint density at radius 1 is 1.37 bits per heavy atom. The number of hydrogen-bond acceptors (Lipinski definition) is 3. The number of rotatable bonds is 7. The van der Waals surface area contributed by atoms with Crippen LogP contribution in [0.25, 0.3) is 0 Å². The SMILES string of the molecule is Cc1cccc(OCC(O)CNCc2cc[nH]c2)c1. The molecule has 1 aromatic heterocycles. The Balaban J connectivity index is 1.65. The van der Waals surface area contributed by atoms with Gasteiger partial charge in [-0.2, -0.15) is 0 Å². The molecule has 1 atom stereocenters. The first-order valence-corrected chi connectivity index (χ1v) is 6.44. The molecule has 0 fully saturated rings. The van der Waals surface area contributed by atoms with Crippen LogP contribution in [0.15, 0.2) is 42.7 Å². The van der Waals surface area contributed by atoms with E-state index in [1.54, 1.807) is 0 Å². The fourth-order valence-corrected chi connectivity index (χ4v) is 1.81. The quantitative estimate of drug-likeness (QED) is 0.712. The van der Waals surface area contributed by atoms with Gasteiger partial charge in [0.25, 0.3) is 0 Å². The molecule has 0 saturated heterocycles. The minimum Gasteiger partial charge on any atom is -0.491 e. The molecule has 0 saturated carbocycles. The Hall–Kier alpha value is -1.78. The van der Waals surface area contributed by atoms with Crippen molar-refractivity contribution in [3.8, 4) is 5.75 Å². The summed E-state index contributed by atoms with van der Waals surface area (Å²) in [5.41, 5.74) is 2.32. The van der Waals surface area contributed by atoms with Gasteiger partial charge in [-0.25, -0.2) is 0 Å². The highest BCUT2D eigenvalue weighted by Gasteiger charge is 2.05. The van der Waals surface area contributed by atoms with E-state index >= 15 is 0 Å². The van der Waals surface area contributed by atoms with Gasteiger partial charge in [0.05, 0.1) is 0 Å². The molecule has 102 valence electrons. The topological polar surface area (TPSA) is 57.3 Å². The second-order valence-corrected chi connectivity index (χ2v) is 4.63. The summed E-state index contributed by atoms with van der Waals surface area (Å²) in [5, 5.41) is 13.0. The molecule has 4 heteroatoms. The molecule has 1 aromatic carbocycles. The third kappa shape index (κ3) is 4.77. The van der Waals surface area contributed by atoms with E-state index in [4.69, 9.17) is 4.74 Å². The lowest BCUT2D eigenvalue weighted by Crippen LogP contribution is -2.31. The summed E-state index contributed by atoms with van der Waals surface area (Å²) in [4.78, 5) is 2.99. The predicted molar refractivity (Wildman–Crippen MR) is 75.2 cm³/mol. The van der Waals surface area contributed by atoms with Crippen LogP contribution in [0.1, 0.15) is 11.1 Å². The maximum atomic E-state index is 9.81. The average molecular weight is 260 g/mol. The smallest absolute Gasteiger partial charge is 0.119 e. The summed E-state index contributed by atoms with van der Waals surface area (Å²) < 4.78 is 5.54. The Labute approximate surface area is 113 Å². The molecule has 0 bridgehead atoms. The standard InChI is InChI=1S/C15H20N2O2/c1-12-3-2-4-15(7-12)19-11-14(18)10-17-9-13-5-6-16-8-13/h2-8,14,16-18H,9-11H2,1H3. The van der Waals surface area contributed by atoms with Crippen LogP contribution in [0.4, 0.5) is 0 Å². The summed E-state index contributed by atoms with van der Waals surface area (Å²) in [6.45, 7) is 3.56. The third-order valence-corrected chi connectivity index (χ3v) is 2.80. The van der Waals surface area contributed by atoms with Crippen LogP contribution < -0.4 is 10.1 Å². The number of benzene rings is 1. The van der Waals surface area contributed by atoms with Crippen LogP contribution >= 0.6 is 0 Å². The number of aryl methyl sites for hydroxylation is 1. The van der Waals surface area contributed by atoms with Crippen molar-refractivity contribution in [3.05, 3.63) is 53.9 Å². The summed E-state index contributed by atoms with van der Waals surface area (Å²) in [7, 11) is 0. The molecule has 0 aliphatic carbocycles. The highest BCUT2D eigenvalue weighted by molar-refractivity contribution is 5.27. The zero-order valence-electron chi connectivity index (χ0n) is 11.1. The van der Waals surface area contributed by atoms with Gasteiger partial charge in [-0.3, -0.25) is 0 Å². The van der Waals surface area contributed by atoms with E-state index in [2.05, 4.69) is 10.3 Å². The molecule has 0 aliphatic heterocycles. The third-order valence-electron chi connectivity index (χ3n) is 2.80. The number of H-pyrrole nitrogens is 1. The minimum atomic E-state index is -0.514. The van der Waals surface area contributed by atoms with E-state index in [9.17, 15) is 5.11 Å². The van der Waals surface area contributed by atoms with Gasteiger partial charge in [-0.15, -0.1) is 0 Å². The van der Waals surface area contributed by atoms with Crippen LogP contribution in [-0.4, -0.2) is 29.3 Å². The van der Waals surface area contributed by atoms with E-state index in [0.29, 0.717) is 13.2 Å². The van der Waals surface area contributed by atoms with Crippen molar-refractivity contribution >= 4 is 0 Å². The van der Waals surface area contributed by atoms with Crippen LogP contribution in [0.3, 0.4) is 0 Å². The van der Waals surface area contributed by atoms with Gasteiger partial charge < -0.3 is 20.1 Å². The van der Waals surface area contributed by atoms with Crippen molar-refractivity contribution in [1.29, 1.82) is 0 Å². The van der Waals surface area contributed by atoms with Crippen LogP contribution in [-0.2, 0) is 6.54 Å². The second kappa shape index (κ2) is 6.97. The van der Waals surface area contributed by atoms with Gasteiger partial charge in [0.15, 0.2) is 0 Å². The first-order valence-electron chi connectivity index (χ1n) is 6.44. The van der Waals surface area contributed by atoms with E-state index in [1.807, 2.05) is 49.6 Å². The number of hydrogen-bond donors (Lipinski definition) is 3. The first kappa shape index (κ1) is 13.6. The van der Waals surface area contributed by atoms with Gasteiger partial charge >= 0.3 is 0 Å². The van der Waals surface area contributed by atoms with Gasteiger partial charge in [-0.05, 0) is 36.2 Å². The molecular weight excluding hydrogens is 240 g/mol. The molecule has 1 unspecified atom stereocenters. The number of aromatic amines is 1. The highest BCUT2D eigenvalue weighted by Crippen LogP contribution is 2.12. The van der Waals surface area contributed by atoms with Gasteiger partial charge in [-0.1, -0.05) is 12.1 Å². The number of nitrogens with one attached hydrogen (secondary N) is 2. The predicted octanol–water partition coefficient (Wildman–Crippen LogP) is 1.85. The second-order valence-electron chi connectivity index (χ2n) is 4.63. The van der Waals surface area contributed by atoms with Crippen LogP contribution in [0.2, 0.25) is 0 Å². The Morgan fingerprint density at radius 2 is 2.26 bits per heavy atom. The molecule has 4 nitrogen and oxygen atoms in total. The van der Waals surface area contributed by atoms with Crippen LogP contribution in [0.5, 0.6) is 5.75 Å². The molecule has 3 N–H and O–H groups in total. The van der Waals surface area contributed by atoms with Crippen molar-refractivity contribution in [1.82, 2.24) is 10.3 Å². The molecule has 0 radical (unpaired) electrons. The average Bonchev–Trinajstić information content (AvgIpc) is 2.90. The van der Waals surface area contributed by atoms with Crippen molar-refractivity contribution < 1.29 is 9.84 Å². The molecule has 2 rings (SSSR count). The van der Waals surface area contributed by atoms with Crippen molar-refractivity contribution in [3.63, 3.8) is 0 Å². The lowest BCUT2D eigenvalue weighted by molar-refractivity contribution is 0.106. The molecular formula is C15H20N2O2. The molecule has 0 amide bonds. The number of aliphatic hydroxyl groups is 1. The minimum absolute atomic E-state index is 0.295. The molecule has 1 heterocycles. The zero-order valence-corrected chi connectivity index (χ0v) is 11.1. The lowest BCUT2D eigenvalue weighted by atomic mass is 10.2. The molecule has 0 aliphatic rings. The monoisotopic (exact) mass is 260 g/mol. The van der Waals surface area contributed by atoms with E-state index in [1.165, 1.54) is 5.56 Å². The summed E-state index contributed by atoms with van der Waals surface area (Å²) in [6.07, 6.45) is 3.30. The Kier molecular flexibility index (Phi) is 5.01. The van der Waals surface area contributed by atoms with Crippen molar-refractivity contribution in [2.45, 2.75) is 19.6 Å². The highest BCUT2D eigenvalue weighted by atomic mass is 16.5. The molecule has 19 heavy (non-hydrogen) atoms. The van der Waals surface area contributed by atoms with E-state index < -0.39 is 6.10 Å². The molecule has 0 spiro atoms. The maximum absolute atomic E-state index is 9.81. The van der Waals surface area contributed by atoms with E-state index in [-0.39, 0.29) is 0 Å². The Morgan fingerprint density at radius 3 is 3.00 bits per heavy atom. The number of aromatic nitrogens is 1. The largest absolute Gasteiger partial charge is 0.491 e. The van der Waals surface area contributed by atoms with Crippen molar-refractivity contribution in [2.24, 2.45) is 0 Å². The summed E-state index contributed by atoms with van der Waals surface area (Å²) in [6, 6.07) is 9.82. The lowest BCUT2D eigenvalue weighted by Gasteiger charge is -2.13. The zero-order chi connectivity index (χ0) is 13.5. The molecule has 2 aromatic rings. The Bertz CT molecular complexity index is 483. The fraction of sp³-hybridized carbons (Fsp3) is 0.333. The van der Waals surface area contributed by atoms with Crippen LogP contribution in [0, 0.1) is 6.92 Å². The van der Waals surface area contributed by atoms with Gasteiger partial charge in [0, 0.05) is 25.5 Å². The first-order chi connectivity index (χ1) is 9.24.